The van der Waals surface area contributed by atoms with Gasteiger partial charge in [-0.3, -0.25) is 4.79 Å². The molecule has 8 heteroatoms. The van der Waals surface area contributed by atoms with Gasteiger partial charge in [-0.2, -0.15) is 0 Å². The number of nitrogens with one attached hydrogen (secondary N) is 1. The van der Waals surface area contributed by atoms with E-state index in [4.69, 9.17) is 4.42 Å². The molecular weight excluding hydrogens is 356 g/mol. The van der Waals surface area contributed by atoms with Crippen molar-refractivity contribution in [1.29, 1.82) is 0 Å². The Bertz CT molecular complexity index is 817. The second kappa shape index (κ2) is 8.77. The van der Waals surface area contributed by atoms with E-state index in [0.29, 0.717) is 24.1 Å². The summed E-state index contributed by atoms with van der Waals surface area (Å²) in [6.07, 6.45) is 1.33. The van der Waals surface area contributed by atoms with Gasteiger partial charge in [0.1, 0.15) is 0 Å². The van der Waals surface area contributed by atoms with E-state index in [2.05, 4.69) is 20.5 Å². The average molecular weight is 374 g/mol. The molecule has 2 aromatic heterocycles. The third kappa shape index (κ3) is 5.68. The molecule has 6 nitrogen and oxygen atoms in total. The highest BCUT2D eigenvalue weighted by Gasteiger charge is 2.11. The first-order valence-electron chi connectivity index (χ1n) is 7.86. The van der Waals surface area contributed by atoms with Gasteiger partial charge in [0.2, 0.25) is 11.8 Å². The molecule has 1 N–H and O–H groups in total. The summed E-state index contributed by atoms with van der Waals surface area (Å²) in [5, 5.41) is 14.2. The molecule has 0 atom stereocenters. The first kappa shape index (κ1) is 17.6. The minimum atomic E-state index is -0.0455. The van der Waals surface area contributed by atoms with Crippen molar-refractivity contribution in [3.63, 3.8) is 0 Å². The number of rotatable bonds is 8. The predicted octanol–water partition coefficient (Wildman–Crippen LogP) is 2.88. The highest BCUT2D eigenvalue weighted by molar-refractivity contribution is 7.99. The molecule has 3 aromatic rings. The maximum Gasteiger partial charge on any atom is 0.277 e. The zero-order valence-corrected chi connectivity index (χ0v) is 15.4. The second-order valence-electron chi connectivity index (χ2n) is 5.37. The maximum absolute atomic E-state index is 11.9. The van der Waals surface area contributed by atoms with Gasteiger partial charge in [0, 0.05) is 11.9 Å². The van der Waals surface area contributed by atoms with Gasteiger partial charge in [-0.15, -0.1) is 21.5 Å². The fraction of sp³-hybridized carbons (Fsp3) is 0.294. The largest absolute Gasteiger partial charge is 0.416 e. The van der Waals surface area contributed by atoms with Crippen LogP contribution in [0.2, 0.25) is 0 Å². The number of amides is 1. The molecule has 0 spiro atoms. The Kier molecular flexibility index (Phi) is 6.19. The van der Waals surface area contributed by atoms with Crippen LogP contribution in [0, 0.1) is 6.92 Å². The molecular formula is C17H18N4O2S2. The molecule has 130 valence electrons. The van der Waals surface area contributed by atoms with E-state index in [1.54, 1.807) is 11.3 Å². The van der Waals surface area contributed by atoms with E-state index in [-0.39, 0.29) is 11.7 Å². The van der Waals surface area contributed by atoms with Crippen LogP contribution in [0.15, 0.2) is 45.4 Å². The van der Waals surface area contributed by atoms with Crippen molar-refractivity contribution in [2.45, 2.75) is 25.0 Å². The molecule has 0 aliphatic heterocycles. The number of thioether (sulfide) groups is 1. The van der Waals surface area contributed by atoms with Crippen LogP contribution in [0.3, 0.4) is 0 Å². The zero-order valence-electron chi connectivity index (χ0n) is 13.8. The van der Waals surface area contributed by atoms with Crippen molar-refractivity contribution in [1.82, 2.24) is 20.5 Å². The van der Waals surface area contributed by atoms with Crippen LogP contribution < -0.4 is 5.32 Å². The van der Waals surface area contributed by atoms with Gasteiger partial charge < -0.3 is 9.73 Å². The van der Waals surface area contributed by atoms with Crippen LogP contribution in [0.1, 0.15) is 22.2 Å². The number of nitrogens with zero attached hydrogens (tertiary/aromatic N) is 3. The first-order valence-corrected chi connectivity index (χ1v) is 9.72. The van der Waals surface area contributed by atoms with Gasteiger partial charge in [0.25, 0.3) is 5.22 Å². The Labute approximate surface area is 154 Å². The summed E-state index contributed by atoms with van der Waals surface area (Å²) < 4.78 is 5.55. The summed E-state index contributed by atoms with van der Waals surface area (Å²) in [6, 6.07) is 10.1. The summed E-state index contributed by atoms with van der Waals surface area (Å²) >= 11 is 2.83. The molecule has 2 heterocycles. The van der Waals surface area contributed by atoms with Crippen LogP contribution >= 0.6 is 23.1 Å². The second-order valence-corrected chi connectivity index (χ2v) is 7.36. The lowest BCUT2D eigenvalue weighted by molar-refractivity contribution is -0.118. The number of aryl methyl sites for hydroxylation is 1. The van der Waals surface area contributed by atoms with E-state index in [1.807, 2.05) is 42.6 Å². The van der Waals surface area contributed by atoms with Crippen molar-refractivity contribution in [2.24, 2.45) is 0 Å². The Morgan fingerprint density at radius 1 is 1.28 bits per heavy atom. The van der Waals surface area contributed by atoms with Crippen LogP contribution in [0.5, 0.6) is 0 Å². The van der Waals surface area contributed by atoms with Gasteiger partial charge in [-0.25, -0.2) is 4.98 Å². The van der Waals surface area contributed by atoms with E-state index < -0.39 is 0 Å². The molecule has 0 radical (unpaired) electrons. The Morgan fingerprint density at radius 3 is 2.88 bits per heavy atom. The van der Waals surface area contributed by atoms with Crippen LogP contribution in [0.25, 0.3) is 0 Å². The minimum absolute atomic E-state index is 0.0455. The molecule has 0 bridgehead atoms. The number of carbonyl (C=O) groups is 1. The molecule has 1 aromatic carbocycles. The summed E-state index contributed by atoms with van der Waals surface area (Å²) in [7, 11) is 0. The third-order valence-electron chi connectivity index (χ3n) is 3.35. The van der Waals surface area contributed by atoms with Crippen LogP contribution in [-0.4, -0.2) is 33.4 Å². The van der Waals surface area contributed by atoms with Crippen molar-refractivity contribution >= 4 is 29.0 Å². The Morgan fingerprint density at radius 2 is 2.12 bits per heavy atom. The van der Waals surface area contributed by atoms with E-state index in [9.17, 15) is 4.79 Å². The number of aromatic nitrogens is 3. The number of carbonyl (C=O) groups excluding carboxylic acids is 1. The minimum Gasteiger partial charge on any atom is -0.416 e. The van der Waals surface area contributed by atoms with E-state index >= 15 is 0 Å². The highest BCUT2D eigenvalue weighted by Crippen LogP contribution is 2.18. The van der Waals surface area contributed by atoms with Crippen molar-refractivity contribution < 1.29 is 9.21 Å². The fourth-order valence-electron chi connectivity index (χ4n) is 2.18. The average Bonchev–Trinajstić information content (AvgIpc) is 3.23. The molecule has 0 fully saturated rings. The highest BCUT2D eigenvalue weighted by atomic mass is 32.2. The molecule has 0 unspecified atom stereocenters. The molecule has 25 heavy (non-hydrogen) atoms. The quantitative estimate of drug-likeness (QED) is 0.611. The molecule has 0 aliphatic carbocycles. The van der Waals surface area contributed by atoms with Gasteiger partial charge in [0.05, 0.1) is 22.9 Å². The summed E-state index contributed by atoms with van der Waals surface area (Å²) in [5.41, 5.74) is 2.12. The molecule has 0 saturated carbocycles. The topological polar surface area (TPSA) is 80.9 Å². The summed E-state index contributed by atoms with van der Waals surface area (Å²) in [5.74, 6) is 0.722. The lowest BCUT2D eigenvalue weighted by Crippen LogP contribution is -2.27. The first-order chi connectivity index (χ1) is 12.2. The van der Waals surface area contributed by atoms with Gasteiger partial charge >= 0.3 is 0 Å². The zero-order chi connectivity index (χ0) is 17.5. The van der Waals surface area contributed by atoms with Crippen LogP contribution in [0.4, 0.5) is 0 Å². The smallest absolute Gasteiger partial charge is 0.277 e. The standard InChI is InChI=1S/C17H18N4O2S2/c1-12-19-14(10-24-12)9-16-20-21-17(23-16)25-11-15(22)18-8-7-13-5-3-2-4-6-13/h2-6,10H,7-9,11H2,1H3,(H,18,22). The fourth-order valence-corrected chi connectivity index (χ4v) is 3.40. The van der Waals surface area contributed by atoms with Crippen molar-refractivity contribution in [2.75, 3.05) is 12.3 Å². The third-order valence-corrected chi connectivity index (χ3v) is 4.99. The summed E-state index contributed by atoms with van der Waals surface area (Å²) in [6.45, 7) is 2.57. The molecule has 1 amide bonds. The normalized spacial score (nSPS) is 10.8. The predicted molar refractivity (Wildman–Crippen MR) is 97.8 cm³/mol. The van der Waals surface area contributed by atoms with E-state index in [0.717, 1.165) is 17.1 Å². The number of benzene rings is 1. The lowest BCUT2D eigenvalue weighted by atomic mass is 10.1. The number of thiazole rings is 1. The molecule has 0 saturated heterocycles. The van der Waals surface area contributed by atoms with Gasteiger partial charge in [0.15, 0.2) is 0 Å². The maximum atomic E-state index is 11.9. The SMILES string of the molecule is Cc1nc(Cc2nnc(SCC(=O)NCCc3ccccc3)o2)cs1. The molecule has 3 rings (SSSR count). The monoisotopic (exact) mass is 374 g/mol. The van der Waals surface area contributed by atoms with Crippen LogP contribution in [-0.2, 0) is 17.6 Å². The van der Waals surface area contributed by atoms with Crippen molar-refractivity contribution in [3.05, 3.63) is 57.9 Å². The Balaban J connectivity index is 1.38. The Hall–Kier alpha value is -2.19. The van der Waals surface area contributed by atoms with Gasteiger partial charge in [-0.05, 0) is 18.9 Å². The lowest BCUT2D eigenvalue weighted by Gasteiger charge is -2.04. The number of hydrogen-bond donors (Lipinski definition) is 1. The number of hydrogen-bond acceptors (Lipinski definition) is 7. The summed E-state index contributed by atoms with van der Waals surface area (Å²) in [4.78, 5) is 16.2. The van der Waals surface area contributed by atoms with Gasteiger partial charge in [-0.1, -0.05) is 42.1 Å². The molecule has 0 aliphatic rings. The van der Waals surface area contributed by atoms with E-state index in [1.165, 1.54) is 17.3 Å². The van der Waals surface area contributed by atoms with Crippen molar-refractivity contribution in [3.8, 4) is 0 Å².